The van der Waals surface area contributed by atoms with Crippen molar-refractivity contribution in [3.63, 3.8) is 0 Å². The summed E-state index contributed by atoms with van der Waals surface area (Å²) in [7, 11) is 0. The average Bonchev–Trinajstić information content (AvgIpc) is 2.92. The molecule has 156 valence electrons. The maximum absolute atomic E-state index is 13.4. The topological polar surface area (TPSA) is 57.6 Å². The number of benzene rings is 2. The van der Waals surface area contributed by atoms with Gasteiger partial charge >= 0.3 is 0 Å². The highest BCUT2D eigenvalue weighted by Gasteiger charge is 2.43. The third-order valence-electron chi connectivity index (χ3n) is 6.07. The lowest BCUT2D eigenvalue weighted by atomic mass is 9.86. The van der Waals surface area contributed by atoms with Crippen molar-refractivity contribution in [2.45, 2.75) is 24.9 Å². The van der Waals surface area contributed by atoms with E-state index >= 15 is 0 Å². The van der Waals surface area contributed by atoms with Crippen LogP contribution in [0.2, 0.25) is 5.02 Å². The Labute approximate surface area is 186 Å². The van der Waals surface area contributed by atoms with Gasteiger partial charge in [-0.25, -0.2) is 0 Å². The van der Waals surface area contributed by atoms with Crippen LogP contribution in [0.1, 0.15) is 29.7 Å². The van der Waals surface area contributed by atoms with E-state index in [0.717, 1.165) is 36.6 Å². The number of carbonyl (C=O) groups excluding carboxylic acids is 1. The number of likely N-dealkylation sites (tertiary alicyclic amines) is 1. The smallest absolute Gasteiger partial charge is 0.252 e. The molecule has 1 fully saturated rings. The summed E-state index contributed by atoms with van der Waals surface area (Å²) in [5.41, 5.74) is 3.46. The van der Waals surface area contributed by atoms with Crippen molar-refractivity contribution < 1.29 is 4.79 Å². The maximum Gasteiger partial charge on any atom is 0.252 e. The van der Waals surface area contributed by atoms with E-state index in [1.165, 1.54) is 5.56 Å². The average molecular weight is 431 g/mol. The van der Waals surface area contributed by atoms with Crippen molar-refractivity contribution in [3.05, 3.63) is 94.8 Å². The van der Waals surface area contributed by atoms with Crippen molar-refractivity contribution in [1.29, 1.82) is 0 Å². The summed E-state index contributed by atoms with van der Waals surface area (Å²) >= 11 is 6.30. The second-order valence-corrected chi connectivity index (χ2v) is 8.55. The minimum atomic E-state index is -0.814. The molecular formula is C25H23ClN4O. The van der Waals surface area contributed by atoms with Crippen LogP contribution in [-0.4, -0.2) is 40.1 Å². The Morgan fingerprint density at radius 2 is 1.77 bits per heavy atom. The number of amides is 1. The summed E-state index contributed by atoms with van der Waals surface area (Å²) in [6.07, 6.45) is 3.06. The first-order valence-corrected chi connectivity index (χ1v) is 10.9. The lowest BCUT2D eigenvalue weighted by Gasteiger charge is -2.37. The monoisotopic (exact) mass is 430 g/mol. The Balaban J connectivity index is 1.49. The SMILES string of the molecule is O=C1Nc2ccc(Cl)cc2C(c2ccccn2)=NC12CCN(Cc1ccccc1)CC2. The van der Waals surface area contributed by atoms with E-state index in [4.69, 9.17) is 16.6 Å². The minimum Gasteiger partial charge on any atom is -0.323 e. The van der Waals surface area contributed by atoms with Gasteiger partial charge in [0.15, 0.2) is 0 Å². The second kappa shape index (κ2) is 8.25. The normalized spacial score (nSPS) is 18.1. The number of rotatable bonds is 3. The molecule has 1 amide bonds. The molecule has 3 aromatic rings. The number of pyridine rings is 1. The standard InChI is InChI=1S/C25H23ClN4O/c26-19-9-10-21-20(16-19)23(22-8-4-5-13-27-22)29-25(24(31)28-21)11-14-30(15-12-25)17-18-6-2-1-3-7-18/h1-10,13,16H,11-12,14-15,17H2,(H,28,31). The molecule has 1 spiro atoms. The van der Waals surface area contributed by atoms with Crippen LogP contribution in [0.4, 0.5) is 5.69 Å². The second-order valence-electron chi connectivity index (χ2n) is 8.11. The number of nitrogens with zero attached hydrogens (tertiary/aromatic N) is 3. The van der Waals surface area contributed by atoms with E-state index in [9.17, 15) is 4.79 Å². The highest BCUT2D eigenvalue weighted by Crippen LogP contribution is 2.35. The van der Waals surface area contributed by atoms with Gasteiger partial charge < -0.3 is 5.32 Å². The zero-order valence-electron chi connectivity index (χ0n) is 17.1. The Morgan fingerprint density at radius 1 is 1.00 bits per heavy atom. The number of anilines is 1. The number of aromatic nitrogens is 1. The number of nitrogens with one attached hydrogen (secondary N) is 1. The Morgan fingerprint density at radius 3 is 2.52 bits per heavy atom. The highest BCUT2D eigenvalue weighted by molar-refractivity contribution is 6.32. The highest BCUT2D eigenvalue weighted by atomic mass is 35.5. The van der Waals surface area contributed by atoms with Crippen LogP contribution in [0.3, 0.4) is 0 Å². The predicted molar refractivity (Wildman–Crippen MR) is 124 cm³/mol. The molecule has 0 atom stereocenters. The molecule has 5 nitrogen and oxygen atoms in total. The first kappa shape index (κ1) is 19.9. The first-order chi connectivity index (χ1) is 15.1. The van der Waals surface area contributed by atoms with E-state index in [1.807, 2.05) is 36.4 Å². The molecule has 0 saturated carbocycles. The van der Waals surface area contributed by atoms with Gasteiger partial charge in [-0.05, 0) is 48.7 Å². The fourth-order valence-electron chi connectivity index (χ4n) is 4.34. The fourth-order valence-corrected chi connectivity index (χ4v) is 4.52. The van der Waals surface area contributed by atoms with Crippen molar-refractivity contribution in [1.82, 2.24) is 9.88 Å². The summed E-state index contributed by atoms with van der Waals surface area (Å²) < 4.78 is 0. The van der Waals surface area contributed by atoms with Gasteiger partial charge in [0.05, 0.1) is 17.1 Å². The quantitative estimate of drug-likeness (QED) is 0.662. The summed E-state index contributed by atoms with van der Waals surface area (Å²) in [6.45, 7) is 2.49. The van der Waals surface area contributed by atoms with Gasteiger partial charge in [-0.3, -0.25) is 19.7 Å². The molecule has 6 heteroatoms. The van der Waals surface area contributed by atoms with Gasteiger partial charge in [0.25, 0.3) is 5.91 Å². The lowest BCUT2D eigenvalue weighted by molar-refractivity contribution is -0.122. The van der Waals surface area contributed by atoms with Gasteiger partial charge in [-0.1, -0.05) is 48.0 Å². The number of carbonyl (C=O) groups is 1. The zero-order chi connectivity index (χ0) is 21.3. The summed E-state index contributed by atoms with van der Waals surface area (Å²) in [6, 6.07) is 21.7. The van der Waals surface area contributed by atoms with E-state index in [0.29, 0.717) is 23.6 Å². The molecular weight excluding hydrogens is 408 g/mol. The van der Waals surface area contributed by atoms with Crippen LogP contribution in [0.25, 0.3) is 0 Å². The van der Waals surface area contributed by atoms with Crippen LogP contribution >= 0.6 is 11.6 Å². The third-order valence-corrected chi connectivity index (χ3v) is 6.31. The largest absolute Gasteiger partial charge is 0.323 e. The van der Waals surface area contributed by atoms with Crippen molar-refractivity contribution >= 4 is 28.9 Å². The molecule has 0 radical (unpaired) electrons. The van der Waals surface area contributed by atoms with Gasteiger partial charge in [0.2, 0.25) is 0 Å². The molecule has 0 bridgehead atoms. The van der Waals surface area contributed by atoms with Crippen molar-refractivity contribution in [2.24, 2.45) is 4.99 Å². The minimum absolute atomic E-state index is 0.0543. The molecule has 1 saturated heterocycles. The van der Waals surface area contributed by atoms with E-state index in [1.54, 1.807) is 12.3 Å². The van der Waals surface area contributed by atoms with E-state index in [2.05, 4.69) is 39.5 Å². The van der Waals surface area contributed by atoms with Crippen molar-refractivity contribution in [2.75, 3.05) is 18.4 Å². The molecule has 2 aromatic carbocycles. The molecule has 1 N–H and O–H groups in total. The van der Waals surface area contributed by atoms with Gasteiger partial charge in [-0.15, -0.1) is 0 Å². The van der Waals surface area contributed by atoms with Crippen LogP contribution in [-0.2, 0) is 11.3 Å². The Bertz CT molecular complexity index is 1120. The molecule has 31 heavy (non-hydrogen) atoms. The zero-order valence-corrected chi connectivity index (χ0v) is 17.8. The Hall–Kier alpha value is -3.02. The van der Waals surface area contributed by atoms with Crippen LogP contribution in [0.15, 0.2) is 77.9 Å². The number of hydrogen-bond donors (Lipinski definition) is 1. The van der Waals surface area contributed by atoms with Gasteiger partial charge in [0, 0.05) is 36.4 Å². The van der Waals surface area contributed by atoms with Crippen molar-refractivity contribution in [3.8, 4) is 0 Å². The Kier molecular flexibility index (Phi) is 5.30. The molecule has 1 aromatic heterocycles. The lowest BCUT2D eigenvalue weighted by Crippen LogP contribution is -2.50. The summed E-state index contributed by atoms with van der Waals surface area (Å²) in [5.74, 6) is -0.0543. The third kappa shape index (κ3) is 3.99. The molecule has 5 rings (SSSR count). The van der Waals surface area contributed by atoms with Crippen LogP contribution in [0.5, 0.6) is 0 Å². The predicted octanol–water partition coefficient (Wildman–Crippen LogP) is 4.56. The number of fused-ring (bicyclic) bond motifs is 1. The number of piperidine rings is 1. The molecule has 0 unspecified atom stereocenters. The van der Waals surface area contributed by atoms with Crippen LogP contribution in [0, 0.1) is 0 Å². The fraction of sp³-hybridized carbons (Fsp3) is 0.240. The van der Waals surface area contributed by atoms with Gasteiger partial charge in [0.1, 0.15) is 5.54 Å². The number of aliphatic imine (C=N–C) groups is 1. The number of hydrogen-bond acceptors (Lipinski definition) is 4. The molecule has 0 aliphatic carbocycles. The summed E-state index contributed by atoms with van der Waals surface area (Å²) in [5, 5.41) is 3.72. The van der Waals surface area contributed by atoms with Gasteiger partial charge in [-0.2, -0.15) is 0 Å². The molecule has 3 heterocycles. The first-order valence-electron chi connectivity index (χ1n) is 10.5. The molecule has 2 aliphatic rings. The summed E-state index contributed by atoms with van der Waals surface area (Å²) in [4.78, 5) is 25.4. The van der Waals surface area contributed by atoms with E-state index in [-0.39, 0.29) is 5.91 Å². The maximum atomic E-state index is 13.4. The van der Waals surface area contributed by atoms with Crippen LogP contribution < -0.4 is 5.32 Å². The number of halogens is 1. The molecule has 2 aliphatic heterocycles. The van der Waals surface area contributed by atoms with E-state index < -0.39 is 5.54 Å².